The fourth-order valence-corrected chi connectivity index (χ4v) is 3.01. The Kier molecular flexibility index (Phi) is 2.01. The third-order valence-corrected chi connectivity index (χ3v) is 4.03. The summed E-state index contributed by atoms with van der Waals surface area (Å²) in [5.74, 6) is 0.504. The van der Waals surface area contributed by atoms with E-state index in [1.54, 1.807) is 6.07 Å². The summed E-state index contributed by atoms with van der Waals surface area (Å²) < 4.78 is 1.03. The van der Waals surface area contributed by atoms with Gasteiger partial charge >= 0.3 is 0 Å². The Hall–Kier alpha value is -1.01. The molecule has 0 bridgehead atoms. The fourth-order valence-electron chi connectivity index (χ4n) is 1.02. The summed E-state index contributed by atoms with van der Waals surface area (Å²) in [6.45, 7) is 0. The van der Waals surface area contributed by atoms with Crippen molar-refractivity contribution in [1.29, 1.82) is 5.41 Å². The first-order valence-corrected chi connectivity index (χ1v) is 5.38. The van der Waals surface area contributed by atoms with E-state index in [4.69, 9.17) is 11.1 Å². The summed E-state index contributed by atoms with van der Waals surface area (Å²) in [7, 11) is 0. The number of carbonyl (C=O) groups is 1. The van der Waals surface area contributed by atoms with Crippen LogP contribution in [0.3, 0.4) is 0 Å². The first-order valence-electron chi connectivity index (χ1n) is 3.57. The van der Waals surface area contributed by atoms with Gasteiger partial charge in [0, 0.05) is 0 Å². The minimum absolute atomic E-state index is 0.00500. The lowest BCUT2D eigenvalue weighted by molar-refractivity contribution is -0.113. The SMILES string of the molecule is N=C(N)c1cc2c(s1)SCC(=O)N2. The number of anilines is 1. The van der Waals surface area contributed by atoms with Crippen molar-refractivity contribution in [3.8, 4) is 0 Å². The Morgan fingerprint density at radius 1 is 1.69 bits per heavy atom. The van der Waals surface area contributed by atoms with E-state index in [0.29, 0.717) is 10.6 Å². The van der Waals surface area contributed by atoms with Gasteiger partial charge < -0.3 is 11.1 Å². The van der Waals surface area contributed by atoms with Crippen molar-refractivity contribution >= 4 is 40.5 Å². The van der Waals surface area contributed by atoms with Crippen LogP contribution in [0, 0.1) is 5.41 Å². The molecule has 0 saturated heterocycles. The minimum atomic E-state index is 0.00500. The molecule has 1 aliphatic rings. The molecule has 0 aliphatic carbocycles. The molecule has 0 unspecified atom stereocenters. The molecule has 0 atom stereocenters. The van der Waals surface area contributed by atoms with Gasteiger partial charge in [-0.3, -0.25) is 10.2 Å². The van der Waals surface area contributed by atoms with Crippen LogP contribution in [-0.4, -0.2) is 17.5 Å². The summed E-state index contributed by atoms with van der Waals surface area (Å²) in [5.41, 5.74) is 6.12. The molecule has 1 aliphatic heterocycles. The summed E-state index contributed by atoms with van der Waals surface area (Å²) in [5, 5.41) is 9.97. The number of nitrogens with two attached hydrogens (primary N) is 1. The molecule has 13 heavy (non-hydrogen) atoms. The van der Waals surface area contributed by atoms with Gasteiger partial charge in [-0.25, -0.2) is 0 Å². The zero-order valence-electron chi connectivity index (χ0n) is 6.59. The molecule has 1 amide bonds. The Morgan fingerprint density at radius 2 is 2.46 bits per heavy atom. The second kappa shape index (κ2) is 3.04. The number of thioether (sulfide) groups is 1. The number of amides is 1. The molecular weight excluding hydrogens is 206 g/mol. The maximum atomic E-state index is 11.0. The molecule has 6 heteroatoms. The minimum Gasteiger partial charge on any atom is -0.383 e. The Bertz CT molecular complexity index is 385. The average molecular weight is 213 g/mol. The molecule has 1 aromatic rings. The van der Waals surface area contributed by atoms with Gasteiger partial charge in [-0.15, -0.1) is 23.1 Å². The van der Waals surface area contributed by atoms with Crippen LogP contribution in [-0.2, 0) is 4.79 Å². The van der Waals surface area contributed by atoms with Gasteiger partial charge in [-0.05, 0) is 6.07 Å². The van der Waals surface area contributed by atoms with Gasteiger partial charge in [0.15, 0.2) is 0 Å². The molecule has 68 valence electrons. The monoisotopic (exact) mass is 213 g/mol. The van der Waals surface area contributed by atoms with Crippen LogP contribution in [0.25, 0.3) is 0 Å². The summed E-state index contributed by atoms with van der Waals surface area (Å²) in [6, 6.07) is 1.74. The molecule has 4 N–H and O–H groups in total. The maximum Gasteiger partial charge on any atom is 0.234 e. The first kappa shape index (κ1) is 8.58. The molecule has 1 aromatic heterocycles. The highest BCUT2D eigenvalue weighted by Gasteiger charge is 2.19. The standard InChI is InChI=1S/C7H7N3OS2/c8-6(9)4-1-3-7(13-4)12-2-5(11)10-3/h1H,2H2,(H3,8,9)(H,10,11). The number of fused-ring (bicyclic) bond motifs is 1. The number of amidine groups is 1. The Balaban J connectivity index is 2.39. The molecule has 4 nitrogen and oxygen atoms in total. The van der Waals surface area contributed by atoms with Crippen molar-refractivity contribution in [2.75, 3.05) is 11.1 Å². The van der Waals surface area contributed by atoms with E-state index in [2.05, 4.69) is 5.32 Å². The van der Waals surface area contributed by atoms with E-state index >= 15 is 0 Å². The molecule has 0 aromatic carbocycles. The lowest BCUT2D eigenvalue weighted by Crippen LogP contribution is -2.17. The van der Waals surface area contributed by atoms with Crippen molar-refractivity contribution in [3.05, 3.63) is 10.9 Å². The van der Waals surface area contributed by atoms with Crippen molar-refractivity contribution < 1.29 is 4.79 Å². The van der Waals surface area contributed by atoms with Crippen LogP contribution >= 0.6 is 23.1 Å². The normalized spacial score (nSPS) is 14.9. The zero-order valence-corrected chi connectivity index (χ0v) is 8.22. The Morgan fingerprint density at radius 3 is 3.15 bits per heavy atom. The van der Waals surface area contributed by atoms with E-state index in [1.165, 1.54) is 23.1 Å². The summed E-state index contributed by atoms with van der Waals surface area (Å²) in [6.07, 6.45) is 0. The molecule has 0 fully saturated rings. The lowest BCUT2D eigenvalue weighted by atomic mass is 10.4. The van der Waals surface area contributed by atoms with Crippen molar-refractivity contribution in [3.63, 3.8) is 0 Å². The van der Waals surface area contributed by atoms with E-state index in [0.717, 1.165) is 9.90 Å². The van der Waals surface area contributed by atoms with Gasteiger partial charge in [0.1, 0.15) is 5.84 Å². The molecule has 0 radical (unpaired) electrons. The second-order valence-electron chi connectivity index (χ2n) is 2.56. The molecular formula is C7H7N3OS2. The van der Waals surface area contributed by atoms with Crippen LogP contribution < -0.4 is 11.1 Å². The molecule has 2 rings (SSSR count). The lowest BCUT2D eigenvalue weighted by Gasteiger charge is -2.10. The fraction of sp³-hybridized carbons (Fsp3) is 0.143. The first-order chi connectivity index (χ1) is 6.16. The predicted octanol–water partition coefficient (Wildman–Crippen LogP) is 1.08. The van der Waals surface area contributed by atoms with Crippen molar-refractivity contribution in [2.45, 2.75) is 4.21 Å². The van der Waals surface area contributed by atoms with E-state index in [9.17, 15) is 4.79 Å². The smallest absolute Gasteiger partial charge is 0.234 e. The Labute approximate surface area is 83.0 Å². The number of hydrogen-bond donors (Lipinski definition) is 3. The van der Waals surface area contributed by atoms with Crippen molar-refractivity contribution in [2.24, 2.45) is 5.73 Å². The number of nitrogens with one attached hydrogen (secondary N) is 2. The largest absolute Gasteiger partial charge is 0.383 e. The van der Waals surface area contributed by atoms with Crippen LogP contribution in [0.1, 0.15) is 4.88 Å². The van der Waals surface area contributed by atoms with Crippen LogP contribution in [0.4, 0.5) is 5.69 Å². The average Bonchev–Trinajstić information content (AvgIpc) is 2.46. The number of nitrogen functional groups attached to an aromatic ring is 1. The topological polar surface area (TPSA) is 79.0 Å². The second-order valence-corrected chi connectivity index (χ2v) is 4.86. The van der Waals surface area contributed by atoms with E-state index < -0.39 is 0 Å². The van der Waals surface area contributed by atoms with Crippen LogP contribution in [0.2, 0.25) is 0 Å². The summed E-state index contributed by atoms with van der Waals surface area (Å²) >= 11 is 2.93. The molecule has 0 saturated carbocycles. The highest BCUT2D eigenvalue weighted by molar-refractivity contribution is 8.02. The predicted molar refractivity (Wildman–Crippen MR) is 54.7 cm³/mol. The van der Waals surface area contributed by atoms with Crippen LogP contribution in [0.15, 0.2) is 10.3 Å². The quantitative estimate of drug-likeness (QED) is 0.482. The highest BCUT2D eigenvalue weighted by atomic mass is 32.2. The van der Waals surface area contributed by atoms with Gasteiger partial charge in [-0.2, -0.15) is 0 Å². The van der Waals surface area contributed by atoms with E-state index in [-0.39, 0.29) is 11.7 Å². The third-order valence-electron chi connectivity index (χ3n) is 1.57. The number of thiophene rings is 1. The number of rotatable bonds is 1. The maximum absolute atomic E-state index is 11.0. The third kappa shape index (κ3) is 1.54. The van der Waals surface area contributed by atoms with Gasteiger partial charge in [-0.1, -0.05) is 0 Å². The van der Waals surface area contributed by atoms with Gasteiger partial charge in [0.05, 0.1) is 20.5 Å². The van der Waals surface area contributed by atoms with E-state index in [1.807, 2.05) is 0 Å². The number of carbonyl (C=O) groups excluding carboxylic acids is 1. The van der Waals surface area contributed by atoms with Gasteiger partial charge in [0.2, 0.25) is 5.91 Å². The zero-order chi connectivity index (χ0) is 9.42. The van der Waals surface area contributed by atoms with Crippen molar-refractivity contribution in [1.82, 2.24) is 0 Å². The molecule has 2 heterocycles. The van der Waals surface area contributed by atoms with Crippen LogP contribution in [0.5, 0.6) is 0 Å². The van der Waals surface area contributed by atoms with Gasteiger partial charge in [0.25, 0.3) is 0 Å². The summed E-state index contributed by atoms with van der Waals surface area (Å²) in [4.78, 5) is 11.7. The number of hydrogen-bond acceptors (Lipinski definition) is 4. The highest BCUT2D eigenvalue weighted by Crippen LogP contribution is 2.38. The molecule has 0 spiro atoms.